The summed E-state index contributed by atoms with van der Waals surface area (Å²) in [6, 6.07) is 5.82. The number of nitrogens with zero attached hydrogens (tertiary/aromatic N) is 1. The second-order valence-electron chi connectivity index (χ2n) is 8.73. The summed E-state index contributed by atoms with van der Waals surface area (Å²) in [5, 5.41) is 12.0. The number of carbonyl (C=O) groups is 1. The van der Waals surface area contributed by atoms with Gasteiger partial charge in [-0.2, -0.15) is 4.72 Å². The molecular formula is C23H27ClFN3O5S. The maximum Gasteiger partial charge on any atom is 0.342 e. The van der Waals surface area contributed by atoms with Gasteiger partial charge in [0.25, 0.3) is 0 Å². The largest absolute Gasteiger partial charge is 0.388 e. The second-order valence-corrected chi connectivity index (χ2v) is 10.8. The van der Waals surface area contributed by atoms with E-state index in [1.165, 1.54) is 18.2 Å². The van der Waals surface area contributed by atoms with Crippen LogP contribution >= 0.6 is 11.6 Å². The lowest BCUT2D eigenvalue weighted by Gasteiger charge is -2.32. The summed E-state index contributed by atoms with van der Waals surface area (Å²) in [6.45, 7) is 5.08. The lowest BCUT2D eigenvalue weighted by atomic mass is 9.89. The van der Waals surface area contributed by atoms with E-state index in [9.17, 15) is 22.7 Å². The molecule has 0 radical (unpaired) electrons. The third kappa shape index (κ3) is 4.58. The molecule has 1 aliphatic heterocycles. The molecule has 8 nitrogen and oxygen atoms in total. The van der Waals surface area contributed by atoms with Crippen LogP contribution in [0.25, 0.3) is 0 Å². The number of sulfonamides is 1. The van der Waals surface area contributed by atoms with Gasteiger partial charge in [0.2, 0.25) is 10.0 Å². The van der Waals surface area contributed by atoms with E-state index < -0.39 is 40.0 Å². The molecule has 34 heavy (non-hydrogen) atoms. The quantitative estimate of drug-likeness (QED) is 0.546. The summed E-state index contributed by atoms with van der Waals surface area (Å²) >= 11 is 6.29. The van der Waals surface area contributed by atoms with Gasteiger partial charge in [-0.15, -0.1) is 0 Å². The number of aryl methyl sites for hydroxylation is 1. The van der Waals surface area contributed by atoms with E-state index in [0.29, 0.717) is 41.0 Å². The maximum absolute atomic E-state index is 14.9. The molecule has 0 bridgehead atoms. The van der Waals surface area contributed by atoms with Gasteiger partial charge in [-0.1, -0.05) is 29.8 Å². The minimum absolute atomic E-state index is 0.108. The Morgan fingerprint density at radius 1 is 1.29 bits per heavy atom. The first-order chi connectivity index (χ1) is 16.0. The Balaban J connectivity index is 1.78. The van der Waals surface area contributed by atoms with Gasteiger partial charge >= 0.3 is 5.97 Å². The molecule has 4 rings (SSSR count). The molecule has 184 valence electrons. The number of hydroxylamine groups is 1. The van der Waals surface area contributed by atoms with Crippen molar-refractivity contribution in [2.75, 3.05) is 6.54 Å². The molecule has 0 spiro atoms. The van der Waals surface area contributed by atoms with Crippen LogP contribution in [0.3, 0.4) is 0 Å². The van der Waals surface area contributed by atoms with Crippen molar-refractivity contribution < 1.29 is 27.5 Å². The third-order valence-corrected chi connectivity index (χ3v) is 8.40. The maximum atomic E-state index is 14.9. The topological polar surface area (TPSA) is 108 Å². The van der Waals surface area contributed by atoms with Gasteiger partial charge in [0.05, 0.1) is 11.0 Å². The molecule has 1 fully saturated rings. The summed E-state index contributed by atoms with van der Waals surface area (Å²) < 4.78 is 44.7. The molecule has 0 aromatic heterocycles. The summed E-state index contributed by atoms with van der Waals surface area (Å²) in [7, 11) is -4.26. The van der Waals surface area contributed by atoms with Crippen LogP contribution in [0.4, 0.5) is 4.39 Å². The SMILES string of the molecule is Cc1ccc(F)c([C@@H](C)[C@H](NS(=O)(=O)c2ccc(Cl)c3c2C(O)CCC3)N2NCC(=O)O2)c1C. The number of halogens is 2. The molecule has 2 aromatic rings. The Morgan fingerprint density at radius 3 is 2.71 bits per heavy atom. The number of carbonyl (C=O) groups excluding carboxylic acids is 1. The molecule has 0 saturated carbocycles. The average Bonchev–Trinajstić information content (AvgIpc) is 3.21. The van der Waals surface area contributed by atoms with Gasteiger partial charge in [0.1, 0.15) is 18.5 Å². The van der Waals surface area contributed by atoms with Crippen molar-refractivity contribution in [3.8, 4) is 0 Å². The van der Waals surface area contributed by atoms with Crippen LogP contribution in [0.1, 0.15) is 59.6 Å². The zero-order valence-corrected chi connectivity index (χ0v) is 20.6. The lowest BCUT2D eigenvalue weighted by Crippen LogP contribution is -2.53. The van der Waals surface area contributed by atoms with Gasteiger partial charge in [-0.25, -0.2) is 23.0 Å². The molecule has 2 aromatic carbocycles. The Labute approximate surface area is 203 Å². The summed E-state index contributed by atoms with van der Waals surface area (Å²) in [4.78, 5) is 16.9. The number of aliphatic hydroxyl groups excluding tert-OH is 1. The van der Waals surface area contributed by atoms with Crippen LogP contribution in [0.5, 0.6) is 0 Å². The van der Waals surface area contributed by atoms with Crippen molar-refractivity contribution >= 4 is 27.6 Å². The first-order valence-electron chi connectivity index (χ1n) is 11.0. The van der Waals surface area contributed by atoms with Gasteiger partial charge in [-0.3, -0.25) is 0 Å². The highest BCUT2D eigenvalue weighted by molar-refractivity contribution is 7.89. The molecule has 3 atom stereocenters. The molecule has 1 saturated heterocycles. The number of benzene rings is 2. The highest BCUT2D eigenvalue weighted by atomic mass is 35.5. The zero-order chi connectivity index (χ0) is 24.8. The number of hydrazine groups is 1. The number of hydrogen-bond acceptors (Lipinski definition) is 7. The minimum Gasteiger partial charge on any atom is -0.388 e. The van der Waals surface area contributed by atoms with Crippen LogP contribution in [-0.4, -0.2) is 37.4 Å². The Morgan fingerprint density at radius 2 is 2.03 bits per heavy atom. The number of nitrogens with one attached hydrogen (secondary N) is 2. The smallest absolute Gasteiger partial charge is 0.342 e. The second kappa shape index (κ2) is 9.52. The van der Waals surface area contributed by atoms with Gasteiger partial charge in [-0.05, 0) is 73.6 Å². The minimum atomic E-state index is -4.26. The Hall–Kier alpha value is -2.08. The molecule has 3 N–H and O–H groups in total. The molecule has 1 heterocycles. The predicted molar refractivity (Wildman–Crippen MR) is 124 cm³/mol. The first-order valence-corrected chi connectivity index (χ1v) is 12.9. The van der Waals surface area contributed by atoms with Crippen LogP contribution in [0.2, 0.25) is 5.02 Å². The monoisotopic (exact) mass is 511 g/mol. The van der Waals surface area contributed by atoms with E-state index in [2.05, 4.69) is 10.1 Å². The molecule has 0 amide bonds. The highest BCUT2D eigenvalue weighted by Crippen LogP contribution is 2.39. The Kier molecular flexibility index (Phi) is 7.01. The predicted octanol–water partition coefficient (Wildman–Crippen LogP) is 3.15. The molecular weight excluding hydrogens is 485 g/mol. The molecule has 2 aliphatic rings. The average molecular weight is 512 g/mol. The van der Waals surface area contributed by atoms with Crippen molar-refractivity contribution in [3.05, 3.63) is 62.9 Å². The van der Waals surface area contributed by atoms with E-state index in [0.717, 1.165) is 10.7 Å². The Bertz CT molecular complexity index is 1240. The van der Waals surface area contributed by atoms with Gasteiger partial charge < -0.3 is 9.94 Å². The van der Waals surface area contributed by atoms with Crippen molar-refractivity contribution in [2.24, 2.45) is 0 Å². The van der Waals surface area contributed by atoms with Crippen LogP contribution in [-0.2, 0) is 26.1 Å². The fraction of sp³-hybridized carbons (Fsp3) is 0.435. The summed E-state index contributed by atoms with van der Waals surface area (Å²) in [5.41, 5.74) is 5.38. The normalized spacial score (nSPS) is 20.6. The fourth-order valence-electron chi connectivity index (χ4n) is 4.66. The molecule has 1 aliphatic carbocycles. The van der Waals surface area contributed by atoms with E-state index in [1.54, 1.807) is 19.9 Å². The van der Waals surface area contributed by atoms with Crippen molar-refractivity contribution in [3.63, 3.8) is 0 Å². The van der Waals surface area contributed by atoms with E-state index >= 15 is 0 Å². The fourth-order valence-corrected chi connectivity index (χ4v) is 6.46. The van der Waals surface area contributed by atoms with Crippen molar-refractivity contribution in [1.29, 1.82) is 0 Å². The zero-order valence-electron chi connectivity index (χ0n) is 19.1. The van der Waals surface area contributed by atoms with Crippen molar-refractivity contribution in [2.45, 2.75) is 63.1 Å². The number of hydrogen-bond donors (Lipinski definition) is 3. The first kappa shape index (κ1) is 25.0. The number of aliphatic hydroxyl groups is 1. The van der Waals surface area contributed by atoms with Gasteiger partial charge in [0.15, 0.2) is 0 Å². The lowest BCUT2D eigenvalue weighted by molar-refractivity contribution is -0.194. The van der Waals surface area contributed by atoms with Crippen molar-refractivity contribution in [1.82, 2.24) is 15.3 Å². The number of fused-ring (bicyclic) bond motifs is 1. The summed E-state index contributed by atoms with van der Waals surface area (Å²) in [5.74, 6) is -1.86. The third-order valence-electron chi connectivity index (χ3n) is 6.56. The highest BCUT2D eigenvalue weighted by Gasteiger charge is 2.39. The van der Waals surface area contributed by atoms with E-state index in [-0.39, 0.29) is 17.0 Å². The van der Waals surface area contributed by atoms with E-state index in [1.807, 2.05) is 6.92 Å². The molecule has 11 heteroatoms. The number of rotatable bonds is 6. The summed E-state index contributed by atoms with van der Waals surface area (Å²) in [6.07, 6.45) is -0.519. The standard InChI is InChI=1S/C23H27ClFN3O5S/c1-12-7-9-17(25)21(13(12)2)14(3)23(28-26-11-20(30)33-28)27-34(31,32)19-10-8-16(24)15-5-4-6-18(29)22(15)19/h7-10,14,18,23,26-27,29H,4-6,11H2,1-3H3/t14-,18?,23-/m1/s1. The van der Waals surface area contributed by atoms with Gasteiger partial charge in [0, 0.05) is 16.5 Å². The molecule has 1 unspecified atom stereocenters. The van der Waals surface area contributed by atoms with E-state index in [4.69, 9.17) is 16.4 Å². The van der Waals surface area contributed by atoms with Crippen LogP contribution < -0.4 is 10.1 Å². The van der Waals surface area contributed by atoms with Crippen LogP contribution in [0, 0.1) is 19.7 Å². The van der Waals surface area contributed by atoms with Crippen LogP contribution in [0.15, 0.2) is 29.2 Å².